The number of fused-ring (bicyclic) bond motifs is 2. The number of hydrogen-bond donors (Lipinski definition) is 0. The molecule has 3 unspecified atom stereocenters. The van der Waals surface area contributed by atoms with E-state index in [-0.39, 0.29) is 5.41 Å². The topological polar surface area (TPSA) is 6.48 Å². The maximum absolute atomic E-state index is 2.67. The standard InChI is InChI=1S/C49H46N2/c1-5-17-35(18-6-1)43-27-13-14-28-44(43)51(42-25-11-4-12-26-42)46-30-16-20-37-34-39-32-31-38-33-36-19-15-29-45(47(36)49(38,39)48(37)46)50(40-21-7-2-8-22-40)41-23-9-3-10-24-41/h2-4,7-16,19-30,35,38-39H,1,5-6,17-18,31-34H2. The quantitative estimate of drug-likeness (QED) is 0.168. The van der Waals surface area contributed by atoms with Gasteiger partial charge in [-0.15, -0.1) is 0 Å². The summed E-state index contributed by atoms with van der Waals surface area (Å²) in [5.74, 6) is 1.77. The molecule has 4 aliphatic carbocycles. The molecule has 0 aromatic heterocycles. The fourth-order valence-corrected chi connectivity index (χ4v) is 11.0. The lowest BCUT2D eigenvalue weighted by Crippen LogP contribution is -2.34. The minimum Gasteiger partial charge on any atom is -0.310 e. The molecular formula is C49H46N2. The molecule has 4 aliphatic rings. The maximum Gasteiger partial charge on any atom is 0.0505 e. The summed E-state index contributed by atoms with van der Waals surface area (Å²) in [4.78, 5) is 5.21. The highest BCUT2D eigenvalue weighted by Gasteiger charge is 2.62. The zero-order valence-corrected chi connectivity index (χ0v) is 29.4. The molecule has 0 heterocycles. The van der Waals surface area contributed by atoms with Crippen molar-refractivity contribution >= 4 is 34.1 Å². The fourth-order valence-electron chi connectivity index (χ4n) is 11.0. The molecule has 0 bridgehead atoms. The molecule has 0 saturated heterocycles. The van der Waals surface area contributed by atoms with Gasteiger partial charge in [-0.25, -0.2) is 0 Å². The zero-order chi connectivity index (χ0) is 33.8. The van der Waals surface area contributed by atoms with Crippen LogP contribution in [0.25, 0.3) is 0 Å². The van der Waals surface area contributed by atoms with Crippen LogP contribution in [-0.4, -0.2) is 0 Å². The molecule has 0 aliphatic heterocycles. The first-order chi connectivity index (χ1) is 25.3. The Kier molecular flexibility index (Phi) is 7.59. The van der Waals surface area contributed by atoms with E-state index >= 15 is 0 Å². The Bertz CT molecular complexity index is 2120. The number of para-hydroxylation sites is 4. The van der Waals surface area contributed by atoms with E-state index in [1.54, 1.807) is 16.7 Å². The monoisotopic (exact) mass is 662 g/mol. The van der Waals surface area contributed by atoms with Gasteiger partial charge in [0.2, 0.25) is 0 Å². The van der Waals surface area contributed by atoms with Crippen molar-refractivity contribution in [1.82, 2.24) is 0 Å². The lowest BCUT2D eigenvalue weighted by atomic mass is 9.68. The highest BCUT2D eigenvalue weighted by molar-refractivity contribution is 5.87. The smallest absolute Gasteiger partial charge is 0.0505 e. The Hall–Kier alpha value is -5.08. The molecule has 10 rings (SSSR count). The van der Waals surface area contributed by atoms with Crippen LogP contribution in [0.1, 0.15) is 78.7 Å². The summed E-state index contributed by atoms with van der Waals surface area (Å²) < 4.78 is 0. The Balaban J connectivity index is 1.23. The Morgan fingerprint density at radius 1 is 0.392 bits per heavy atom. The molecule has 3 atom stereocenters. The molecule has 0 amide bonds. The van der Waals surface area contributed by atoms with E-state index in [9.17, 15) is 0 Å². The highest BCUT2D eigenvalue weighted by Crippen LogP contribution is 2.69. The summed E-state index contributed by atoms with van der Waals surface area (Å²) in [6.45, 7) is 0. The van der Waals surface area contributed by atoms with Gasteiger partial charge in [0.15, 0.2) is 0 Å². The van der Waals surface area contributed by atoms with E-state index in [1.165, 1.54) is 90.2 Å². The number of nitrogens with zero attached hydrogens (tertiary/aromatic N) is 2. The lowest BCUT2D eigenvalue weighted by Gasteiger charge is -2.40. The van der Waals surface area contributed by atoms with Gasteiger partial charge in [0.25, 0.3) is 0 Å². The molecular weight excluding hydrogens is 617 g/mol. The Labute approximate surface area is 303 Å². The molecule has 6 aromatic carbocycles. The molecule has 2 saturated carbocycles. The number of anilines is 6. The average Bonchev–Trinajstić information content (AvgIpc) is 3.83. The summed E-state index contributed by atoms with van der Waals surface area (Å²) in [6.07, 6.45) is 11.5. The SMILES string of the molecule is c1ccc(N(c2ccccc2)c2cccc3c2C24c5c(cccc5N(c5ccccc5)c5ccccc5C5CCCCC5)CC2CCC4C3)cc1. The first kappa shape index (κ1) is 30.7. The van der Waals surface area contributed by atoms with Crippen molar-refractivity contribution in [3.05, 3.63) is 179 Å². The average molecular weight is 663 g/mol. The van der Waals surface area contributed by atoms with Gasteiger partial charge in [-0.1, -0.05) is 116 Å². The van der Waals surface area contributed by atoms with Crippen LogP contribution < -0.4 is 9.80 Å². The second-order valence-electron chi connectivity index (χ2n) is 15.4. The molecule has 6 aromatic rings. The van der Waals surface area contributed by atoms with Crippen LogP contribution in [0.2, 0.25) is 0 Å². The van der Waals surface area contributed by atoms with Gasteiger partial charge in [-0.3, -0.25) is 0 Å². The van der Waals surface area contributed by atoms with Crippen LogP contribution in [0.15, 0.2) is 152 Å². The highest BCUT2D eigenvalue weighted by atomic mass is 15.2. The van der Waals surface area contributed by atoms with Gasteiger partial charge in [0.1, 0.15) is 0 Å². The third-order valence-electron chi connectivity index (χ3n) is 12.9. The summed E-state index contributed by atoms with van der Waals surface area (Å²) in [5, 5.41) is 0. The fraction of sp³-hybridized carbons (Fsp3) is 0.265. The molecule has 0 radical (unpaired) electrons. The normalized spacial score (nSPS) is 21.8. The van der Waals surface area contributed by atoms with Crippen molar-refractivity contribution in [3.8, 4) is 0 Å². The van der Waals surface area contributed by atoms with Crippen molar-refractivity contribution in [2.75, 3.05) is 9.80 Å². The van der Waals surface area contributed by atoms with E-state index in [2.05, 4.69) is 161 Å². The summed E-state index contributed by atoms with van der Waals surface area (Å²) in [7, 11) is 0. The molecule has 0 N–H and O–H groups in total. The van der Waals surface area contributed by atoms with Crippen molar-refractivity contribution in [1.29, 1.82) is 0 Å². The van der Waals surface area contributed by atoms with Crippen LogP contribution in [0.5, 0.6) is 0 Å². The summed E-state index contributed by atoms with van der Waals surface area (Å²) in [6, 6.07) is 57.2. The summed E-state index contributed by atoms with van der Waals surface area (Å²) >= 11 is 0. The van der Waals surface area contributed by atoms with E-state index in [1.807, 2.05) is 0 Å². The van der Waals surface area contributed by atoms with E-state index in [0.717, 1.165) is 12.8 Å². The molecule has 2 fully saturated rings. The molecule has 2 heteroatoms. The first-order valence-corrected chi connectivity index (χ1v) is 19.4. The van der Waals surface area contributed by atoms with Crippen molar-refractivity contribution in [2.45, 2.75) is 69.1 Å². The third kappa shape index (κ3) is 4.83. The van der Waals surface area contributed by atoms with Gasteiger partial charge in [0.05, 0.1) is 11.4 Å². The third-order valence-corrected chi connectivity index (χ3v) is 12.9. The van der Waals surface area contributed by atoms with Crippen LogP contribution in [-0.2, 0) is 18.3 Å². The number of hydrogen-bond acceptors (Lipinski definition) is 2. The van der Waals surface area contributed by atoms with E-state index in [0.29, 0.717) is 17.8 Å². The van der Waals surface area contributed by atoms with E-state index < -0.39 is 0 Å². The summed E-state index contributed by atoms with van der Waals surface area (Å²) in [5.41, 5.74) is 15.5. The predicted molar refractivity (Wildman–Crippen MR) is 212 cm³/mol. The van der Waals surface area contributed by atoms with Crippen LogP contribution in [0.4, 0.5) is 34.1 Å². The molecule has 252 valence electrons. The number of benzene rings is 6. The van der Waals surface area contributed by atoms with Crippen molar-refractivity contribution in [2.24, 2.45) is 11.8 Å². The molecule has 1 spiro atoms. The Morgan fingerprint density at radius 2 is 0.843 bits per heavy atom. The lowest BCUT2D eigenvalue weighted by molar-refractivity contribution is 0.350. The maximum atomic E-state index is 2.67. The Morgan fingerprint density at radius 3 is 1.39 bits per heavy atom. The van der Waals surface area contributed by atoms with Gasteiger partial charge in [-0.2, -0.15) is 0 Å². The molecule has 51 heavy (non-hydrogen) atoms. The second kappa shape index (κ2) is 12.6. The largest absolute Gasteiger partial charge is 0.310 e. The van der Waals surface area contributed by atoms with E-state index in [4.69, 9.17) is 0 Å². The minimum atomic E-state index is -0.0491. The van der Waals surface area contributed by atoms with Gasteiger partial charge in [0, 0.05) is 28.2 Å². The predicted octanol–water partition coefficient (Wildman–Crippen LogP) is 13.1. The minimum absolute atomic E-state index is 0.0491. The first-order valence-electron chi connectivity index (χ1n) is 19.4. The van der Waals surface area contributed by atoms with Crippen molar-refractivity contribution in [3.63, 3.8) is 0 Å². The van der Waals surface area contributed by atoms with Gasteiger partial charge < -0.3 is 9.80 Å². The molecule has 2 nitrogen and oxygen atoms in total. The van der Waals surface area contributed by atoms with Gasteiger partial charge in [-0.05, 0) is 139 Å². The van der Waals surface area contributed by atoms with Gasteiger partial charge >= 0.3 is 0 Å². The van der Waals surface area contributed by atoms with Crippen LogP contribution in [0.3, 0.4) is 0 Å². The zero-order valence-electron chi connectivity index (χ0n) is 29.4. The second-order valence-corrected chi connectivity index (χ2v) is 15.4. The van der Waals surface area contributed by atoms with Crippen LogP contribution in [0, 0.1) is 11.8 Å². The van der Waals surface area contributed by atoms with Crippen molar-refractivity contribution < 1.29 is 0 Å². The number of rotatable bonds is 7. The van der Waals surface area contributed by atoms with Crippen LogP contribution >= 0.6 is 0 Å².